The Morgan fingerprint density at radius 3 is 2.23 bits per heavy atom. The topological polar surface area (TPSA) is 140 Å². The Bertz CT molecular complexity index is 1060. The van der Waals surface area contributed by atoms with Crippen molar-refractivity contribution in [1.29, 1.82) is 0 Å². The molecule has 0 spiro atoms. The lowest BCUT2D eigenvalue weighted by Crippen LogP contribution is -2.45. The molecule has 1 fully saturated rings. The molecular weight excluding hydrogens is 434 g/mol. The number of allylic oxidation sites excluding steroid dienone is 2. The summed E-state index contributed by atoms with van der Waals surface area (Å²) in [7, 11) is -9.67. The highest BCUT2D eigenvalue weighted by Gasteiger charge is 2.45. The minimum Gasteiger partial charge on any atom is -0.362 e. The van der Waals surface area contributed by atoms with Gasteiger partial charge in [0, 0.05) is 30.2 Å². The van der Waals surface area contributed by atoms with E-state index in [2.05, 4.69) is 27.4 Å². The van der Waals surface area contributed by atoms with E-state index in [1.165, 1.54) is 17.8 Å². The minimum absolute atomic E-state index is 0.168. The summed E-state index contributed by atoms with van der Waals surface area (Å²) >= 11 is 0. The maximum Gasteiger partial charge on any atom is 0.446 e. The van der Waals surface area contributed by atoms with Crippen LogP contribution in [0.5, 0.6) is 11.5 Å². The number of benzene rings is 1. The third-order valence-corrected chi connectivity index (χ3v) is 6.95. The van der Waals surface area contributed by atoms with Crippen molar-refractivity contribution in [2.24, 2.45) is 28.7 Å². The van der Waals surface area contributed by atoms with Gasteiger partial charge in [0.1, 0.15) is 11.5 Å². The van der Waals surface area contributed by atoms with Gasteiger partial charge >= 0.3 is 20.8 Å². The van der Waals surface area contributed by atoms with Gasteiger partial charge in [-0.2, -0.15) is 16.8 Å². The van der Waals surface area contributed by atoms with Crippen LogP contribution in [0.25, 0.3) is 0 Å². The zero-order chi connectivity index (χ0) is 21.7. The zero-order valence-corrected chi connectivity index (χ0v) is 17.8. The number of nitrogens with zero attached hydrogens (tertiary/aromatic N) is 1. The summed E-state index contributed by atoms with van der Waals surface area (Å²) in [5.74, 6) is 0.314. The molecule has 1 heterocycles. The fraction of sp³-hybridized carbons (Fsp3) is 0.526. The van der Waals surface area contributed by atoms with Gasteiger partial charge < -0.3 is 8.37 Å². The highest BCUT2D eigenvalue weighted by molar-refractivity contribution is 7.81. The molecule has 1 aliphatic heterocycles. The molecule has 2 aliphatic carbocycles. The van der Waals surface area contributed by atoms with Crippen LogP contribution in [0.2, 0.25) is 0 Å². The monoisotopic (exact) mass is 457 g/mol. The van der Waals surface area contributed by atoms with E-state index in [0.717, 1.165) is 25.3 Å². The van der Waals surface area contributed by atoms with Gasteiger partial charge in [-0.15, -0.1) is 0 Å². The predicted molar refractivity (Wildman–Crippen MR) is 108 cm³/mol. The summed E-state index contributed by atoms with van der Waals surface area (Å²) in [5.41, 5.74) is 1.77. The number of hydrogen-bond donors (Lipinski definition) is 2. The van der Waals surface area contributed by atoms with Gasteiger partial charge in [0.2, 0.25) is 0 Å². The summed E-state index contributed by atoms with van der Waals surface area (Å²) in [6, 6.07) is 3.83. The van der Waals surface area contributed by atoms with Gasteiger partial charge in [-0.1, -0.05) is 19.1 Å². The Morgan fingerprint density at radius 2 is 1.63 bits per heavy atom. The number of rotatable bonds is 5. The van der Waals surface area contributed by atoms with E-state index in [9.17, 15) is 16.8 Å². The summed E-state index contributed by atoms with van der Waals surface area (Å²) < 4.78 is 72.0. The minimum atomic E-state index is -4.84. The molecule has 11 heteroatoms. The average Bonchev–Trinajstić information content (AvgIpc) is 2.61. The van der Waals surface area contributed by atoms with Crippen LogP contribution < -0.4 is 8.37 Å². The molecule has 1 aromatic rings. The highest BCUT2D eigenvalue weighted by Crippen LogP contribution is 2.51. The van der Waals surface area contributed by atoms with Crippen molar-refractivity contribution in [3.63, 3.8) is 0 Å². The first-order chi connectivity index (χ1) is 14.0. The maximum absolute atomic E-state index is 11.2. The molecule has 0 amide bonds. The van der Waals surface area contributed by atoms with E-state index in [1.54, 1.807) is 0 Å². The molecule has 0 unspecified atom stereocenters. The van der Waals surface area contributed by atoms with Crippen LogP contribution in [-0.4, -0.2) is 38.2 Å². The second-order valence-electron chi connectivity index (χ2n) is 8.14. The molecular formula is C19H23NO8S2. The number of hydrogen-bond acceptors (Lipinski definition) is 7. The third kappa shape index (κ3) is 4.53. The third-order valence-electron chi connectivity index (χ3n) is 6.14. The normalized spacial score (nSPS) is 30.9. The van der Waals surface area contributed by atoms with Crippen molar-refractivity contribution in [2.45, 2.75) is 32.1 Å². The molecule has 1 aromatic carbocycles. The predicted octanol–water partition coefficient (Wildman–Crippen LogP) is 2.83. The second-order valence-corrected chi connectivity index (χ2v) is 10.2. The van der Waals surface area contributed by atoms with Crippen molar-refractivity contribution in [3.05, 3.63) is 35.9 Å². The van der Waals surface area contributed by atoms with Gasteiger partial charge in [0.05, 0.1) is 0 Å². The SMILES string of the molecule is C[C@H]1CN=C2CCC[C@@H]3C=C[C@H](c4cc(OS(=O)(=O)O)cc(OS(=O)(=O)O)c4)[C@H]1[C@@H]23. The Labute approximate surface area is 175 Å². The quantitative estimate of drug-likeness (QED) is 0.508. The lowest BCUT2D eigenvalue weighted by Gasteiger charge is -2.48. The van der Waals surface area contributed by atoms with Gasteiger partial charge in [-0.25, -0.2) is 0 Å². The molecule has 30 heavy (non-hydrogen) atoms. The lowest BCUT2D eigenvalue weighted by atomic mass is 9.58. The molecule has 0 bridgehead atoms. The number of aliphatic imine (C=N–C) groups is 1. The zero-order valence-electron chi connectivity index (χ0n) is 16.2. The summed E-state index contributed by atoms with van der Waals surface area (Å²) in [6.45, 7) is 2.82. The van der Waals surface area contributed by atoms with E-state index >= 15 is 0 Å². The van der Waals surface area contributed by atoms with Crippen LogP contribution in [0.3, 0.4) is 0 Å². The van der Waals surface area contributed by atoms with E-state index in [4.69, 9.17) is 14.1 Å². The van der Waals surface area contributed by atoms with Crippen molar-refractivity contribution in [3.8, 4) is 11.5 Å². The van der Waals surface area contributed by atoms with Crippen LogP contribution in [0.4, 0.5) is 0 Å². The molecule has 2 N–H and O–H groups in total. The first kappa shape index (κ1) is 21.3. The molecule has 1 saturated carbocycles. The molecule has 9 nitrogen and oxygen atoms in total. The van der Waals surface area contributed by atoms with Crippen LogP contribution >= 0.6 is 0 Å². The standard InChI is InChI=1S/C19H23NO8S2/c1-11-10-20-17-4-2-3-12-5-6-16(18(11)19(12)17)13-7-14(27-29(21,22)23)9-15(8-13)28-30(24,25)26/h5-9,11-12,16,18-19H,2-4,10H2,1H3,(H,21,22,23)(H,24,25,26)/t11-,12+,16+,18-,19+/m0/s1. The Hall–Kier alpha value is -1.95. The first-order valence-electron chi connectivity index (χ1n) is 9.70. The van der Waals surface area contributed by atoms with Crippen LogP contribution in [-0.2, 0) is 20.8 Å². The summed E-state index contributed by atoms with van der Waals surface area (Å²) in [4.78, 5) is 4.78. The molecule has 164 valence electrons. The van der Waals surface area contributed by atoms with Gasteiger partial charge in [0.15, 0.2) is 0 Å². The molecule has 4 rings (SSSR count). The van der Waals surface area contributed by atoms with Gasteiger partial charge in [-0.05, 0) is 54.7 Å². The average molecular weight is 458 g/mol. The van der Waals surface area contributed by atoms with E-state index < -0.39 is 20.8 Å². The second kappa shape index (κ2) is 7.63. The molecule has 3 aliphatic rings. The van der Waals surface area contributed by atoms with Crippen LogP contribution in [0, 0.1) is 23.7 Å². The molecule has 0 saturated heterocycles. The van der Waals surface area contributed by atoms with Gasteiger partial charge in [-0.3, -0.25) is 14.1 Å². The van der Waals surface area contributed by atoms with Crippen molar-refractivity contribution in [1.82, 2.24) is 0 Å². The van der Waals surface area contributed by atoms with Crippen molar-refractivity contribution in [2.75, 3.05) is 6.54 Å². The van der Waals surface area contributed by atoms with Crippen molar-refractivity contribution < 1.29 is 34.3 Å². The van der Waals surface area contributed by atoms with Crippen molar-refractivity contribution >= 4 is 26.5 Å². The van der Waals surface area contributed by atoms with Crippen LogP contribution in [0.1, 0.15) is 37.7 Å². The summed E-state index contributed by atoms with van der Waals surface area (Å²) in [6.07, 6.45) is 7.35. The molecule has 0 aromatic heterocycles. The van der Waals surface area contributed by atoms with E-state index in [1.807, 2.05) is 0 Å². The fourth-order valence-corrected chi connectivity index (χ4v) is 5.86. The van der Waals surface area contributed by atoms with Crippen LogP contribution in [0.15, 0.2) is 35.3 Å². The highest BCUT2D eigenvalue weighted by atomic mass is 32.3. The van der Waals surface area contributed by atoms with Gasteiger partial charge in [0.25, 0.3) is 0 Å². The fourth-order valence-electron chi connectivity index (χ4n) is 5.18. The smallest absolute Gasteiger partial charge is 0.362 e. The summed E-state index contributed by atoms with van der Waals surface area (Å²) in [5, 5.41) is 0. The molecule has 0 radical (unpaired) electrons. The maximum atomic E-state index is 11.2. The Morgan fingerprint density at radius 1 is 1.00 bits per heavy atom. The first-order valence-corrected chi connectivity index (χ1v) is 12.4. The lowest BCUT2D eigenvalue weighted by molar-refractivity contribution is 0.187. The van der Waals surface area contributed by atoms with E-state index in [-0.39, 0.29) is 35.2 Å². The Balaban J connectivity index is 1.79. The molecule has 5 atom stereocenters. The Kier molecular flexibility index (Phi) is 5.41. The van der Waals surface area contributed by atoms with E-state index in [0.29, 0.717) is 18.0 Å². The largest absolute Gasteiger partial charge is 0.446 e.